The Hall–Kier alpha value is -2.94. The predicted molar refractivity (Wildman–Crippen MR) is 154 cm³/mol. The lowest BCUT2D eigenvalue weighted by Crippen LogP contribution is -2.50. The molecular weight excluding hydrogens is 498 g/mol. The number of hydrogen-bond acceptors (Lipinski definition) is 6. The molecule has 202 valence electrons. The fourth-order valence-electron chi connectivity index (χ4n) is 5.73. The first kappa shape index (κ1) is 26.7. The minimum Gasteiger partial charge on any atom is -0.360 e. The summed E-state index contributed by atoms with van der Waals surface area (Å²) in [5, 5.41) is 8.43. The number of piperidine rings is 1. The molecule has 1 aliphatic heterocycles. The Bertz CT molecular complexity index is 1260. The number of halogens is 1. The summed E-state index contributed by atoms with van der Waals surface area (Å²) in [6, 6.07) is 9.29. The summed E-state index contributed by atoms with van der Waals surface area (Å²) in [5.41, 5.74) is 2.79. The van der Waals surface area contributed by atoms with Gasteiger partial charge in [-0.15, -0.1) is 0 Å². The number of rotatable bonds is 8. The third-order valence-electron chi connectivity index (χ3n) is 7.70. The van der Waals surface area contributed by atoms with E-state index < -0.39 is 0 Å². The summed E-state index contributed by atoms with van der Waals surface area (Å²) in [4.78, 5) is 29.5. The normalized spacial score (nSPS) is 21.4. The van der Waals surface area contributed by atoms with Gasteiger partial charge in [-0.25, -0.2) is 9.97 Å². The summed E-state index contributed by atoms with van der Waals surface area (Å²) in [6.07, 6.45) is 13.8. The first-order valence-electron chi connectivity index (χ1n) is 13.7. The maximum absolute atomic E-state index is 12.2. The molecule has 1 saturated heterocycles. The van der Waals surface area contributed by atoms with Gasteiger partial charge in [-0.05, 0) is 58.7 Å². The van der Waals surface area contributed by atoms with Crippen molar-refractivity contribution in [2.75, 3.05) is 39.0 Å². The summed E-state index contributed by atoms with van der Waals surface area (Å²) in [7, 11) is 3.99. The molecule has 5 rings (SSSR count). The molecule has 1 aromatic carbocycles. The number of anilines is 1. The Labute approximate surface area is 229 Å². The second-order valence-corrected chi connectivity index (χ2v) is 11.2. The monoisotopic (exact) mass is 535 g/mol. The summed E-state index contributed by atoms with van der Waals surface area (Å²) < 4.78 is 0. The molecule has 1 aliphatic carbocycles. The van der Waals surface area contributed by atoms with Crippen LogP contribution >= 0.6 is 11.6 Å². The highest BCUT2D eigenvalue weighted by Crippen LogP contribution is 2.33. The molecule has 1 saturated carbocycles. The summed E-state index contributed by atoms with van der Waals surface area (Å²) >= 11 is 6.53. The fraction of sp³-hybridized carbons (Fsp3) is 0.483. The van der Waals surface area contributed by atoms with Crippen molar-refractivity contribution < 1.29 is 4.79 Å². The van der Waals surface area contributed by atoms with Crippen LogP contribution in [0, 0.1) is 0 Å². The van der Waals surface area contributed by atoms with Gasteiger partial charge < -0.3 is 25.4 Å². The van der Waals surface area contributed by atoms with Gasteiger partial charge in [-0.3, -0.25) is 4.79 Å². The third kappa shape index (κ3) is 6.54. The van der Waals surface area contributed by atoms with Crippen LogP contribution in [0.4, 0.5) is 5.95 Å². The standard InChI is InChI=1S/C29H38ClN7O/c1-36(2)14-6-11-27(38)33-20-12-15-37(16-13-20)22-8-5-7-21(17-22)34-29-32-19-25(30)28(35-29)24-18-31-26-10-4-3-9-23(24)26/h3-4,6,9-11,18-22,31H,5,7-8,12-17H2,1-2H3,(H,33,38)(H,32,34,35)/b11-6+/t21-,22?/m1/s1. The smallest absolute Gasteiger partial charge is 0.243 e. The highest BCUT2D eigenvalue weighted by atomic mass is 35.5. The quantitative estimate of drug-likeness (QED) is 0.362. The number of benzene rings is 1. The first-order valence-corrected chi connectivity index (χ1v) is 14.1. The summed E-state index contributed by atoms with van der Waals surface area (Å²) in [6.45, 7) is 2.81. The van der Waals surface area contributed by atoms with E-state index in [1.807, 2.05) is 43.4 Å². The number of amides is 1. The van der Waals surface area contributed by atoms with Crippen molar-refractivity contribution in [3.8, 4) is 11.3 Å². The Morgan fingerprint density at radius 1 is 1.18 bits per heavy atom. The van der Waals surface area contributed by atoms with E-state index in [2.05, 4.69) is 37.6 Å². The number of fused-ring (bicyclic) bond motifs is 1. The number of nitrogens with one attached hydrogen (secondary N) is 3. The lowest BCUT2D eigenvalue weighted by molar-refractivity contribution is -0.117. The van der Waals surface area contributed by atoms with Crippen molar-refractivity contribution in [3.05, 3.63) is 53.8 Å². The zero-order valence-corrected chi connectivity index (χ0v) is 23.0. The fourth-order valence-corrected chi connectivity index (χ4v) is 5.92. The average Bonchev–Trinajstić information content (AvgIpc) is 3.34. The lowest BCUT2D eigenvalue weighted by Gasteiger charge is -2.41. The molecule has 2 atom stereocenters. The molecule has 2 aromatic heterocycles. The second-order valence-electron chi connectivity index (χ2n) is 10.8. The number of aromatic amines is 1. The molecule has 9 heteroatoms. The largest absolute Gasteiger partial charge is 0.360 e. The molecule has 8 nitrogen and oxygen atoms in total. The van der Waals surface area contributed by atoms with E-state index in [9.17, 15) is 4.79 Å². The van der Waals surface area contributed by atoms with E-state index in [1.165, 1.54) is 12.8 Å². The first-order chi connectivity index (χ1) is 18.5. The van der Waals surface area contributed by atoms with Crippen LogP contribution in [0.3, 0.4) is 0 Å². The van der Waals surface area contributed by atoms with Gasteiger partial charge >= 0.3 is 0 Å². The molecule has 2 aliphatic rings. The molecule has 1 amide bonds. The van der Waals surface area contributed by atoms with Crippen LogP contribution in [0.25, 0.3) is 22.2 Å². The maximum atomic E-state index is 12.2. The molecule has 2 fully saturated rings. The van der Waals surface area contributed by atoms with Gasteiger partial charge in [0.05, 0.1) is 16.9 Å². The van der Waals surface area contributed by atoms with Crippen molar-refractivity contribution in [2.24, 2.45) is 0 Å². The van der Waals surface area contributed by atoms with E-state index in [0.29, 0.717) is 23.1 Å². The molecule has 0 spiro atoms. The number of carbonyl (C=O) groups is 1. The number of nitrogens with zero attached hydrogens (tertiary/aromatic N) is 4. The zero-order chi connectivity index (χ0) is 26.5. The molecule has 1 unspecified atom stereocenters. The number of aromatic nitrogens is 3. The van der Waals surface area contributed by atoms with Crippen molar-refractivity contribution in [3.63, 3.8) is 0 Å². The highest BCUT2D eigenvalue weighted by molar-refractivity contribution is 6.33. The minimum absolute atomic E-state index is 0.0159. The van der Waals surface area contributed by atoms with Gasteiger partial charge in [0.15, 0.2) is 0 Å². The Balaban J connectivity index is 1.16. The van der Waals surface area contributed by atoms with Gasteiger partial charge in [0.2, 0.25) is 11.9 Å². The number of carbonyl (C=O) groups excluding carboxylic acids is 1. The number of H-pyrrole nitrogens is 1. The van der Waals surface area contributed by atoms with Crippen LogP contribution < -0.4 is 10.6 Å². The predicted octanol–water partition coefficient (Wildman–Crippen LogP) is 4.70. The van der Waals surface area contributed by atoms with Crippen LogP contribution in [-0.4, -0.2) is 82.5 Å². The van der Waals surface area contributed by atoms with Crippen LogP contribution in [0.15, 0.2) is 48.8 Å². The Kier molecular flexibility index (Phi) is 8.61. The van der Waals surface area contributed by atoms with Gasteiger partial charge in [-0.2, -0.15) is 0 Å². The Morgan fingerprint density at radius 3 is 2.82 bits per heavy atom. The van der Waals surface area contributed by atoms with Gasteiger partial charge in [0.25, 0.3) is 0 Å². The second kappa shape index (κ2) is 12.3. The number of likely N-dealkylation sites (N-methyl/N-ethyl adjacent to an activating group) is 1. The van der Waals surface area contributed by atoms with Gasteiger partial charge in [0.1, 0.15) is 0 Å². The topological polar surface area (TPSA) is 89.2 Å². The Morgan fingerprint density at radius 2 is 2.00 bits per heavy atom. The molecule has 3 heterocycles. The zero-order valence-electron chi connectivity index (χ0n) is 22.3. The van der Waals surface area contributed by atoms with Crippen LogP contribution in [0.1, 0.15) is 38.5 Å². The average molecular weight is 536 g/mol. The van der Waals surface area contributed by atoms with E-state index in [4.69, 9.17) is 16.6 Å². The number of likely N-dealkylation sites (tertiary alicyclic amines) is 1. The molecule has 3 N–H and O–H groups in total. The van der Waals surface area contributed by atoms with E-state index in [0.717, 1.165) is 67.5 Å². The highest BCUT2D eigenvalue weighted by Gasteiger charge is 2.30. The molecule has 3 aromatic rings. The van der Waals surface area contributed by atoms with E-state index in [1.54, 1.807) is 12.3 Å². The minimum atomic E-state index is 0.0159. The SMILES string of the molecule is CN(C)C/C=C/C(=O)NC1CCN(C2CCC[C@@H](Nc3ncc(Cl)c(-c4c[nH]c5ccccc45)n3)C2)CC1. The van der Waals surface area contributed by atoms with Crippen molar-refractivity contribution >= 4 is 34.4 Å². The van der Waals surface area contributed by atoms with Crippen molar-refractivity contribution in [2.45, 2.75) is 56.7 Å². The van der Waals surface area contributed by atoms with E-state index >= 15 is 0 Å². The number of para-hydroxylation sites is 1. The molecular formula is C29H38ClN7O. The molecule has 0 bridgehead atoms. The maximum Gasteiger partial charge on any atom is 0.243 e. The van der Waals surface area contributed by atoms with Crippen LogP contribution in [-0.2, 0) is 4.79 Å². The van der Waals surface area contributed by atoms with Gasteiger partial charge in [0, 0.05) is 66.5 Å². The lowest BCUT2D eigenvalue weighted by atomic mass is 9.88. The van der Waals surface area contributed by atoms with Crippen molar-refractivity contribution in [1.82, 2.24) is 30.1 Å². The molecule has 0 radical (unpaired) electrons. The van der Waals surface area contributed by atoms with Crippen LogP contribution in [0.2, 0.25) is 5.02 Å². The third-order valence-corrected chi connectivity index (χ3v) is 7.98. The number of hydrogen-bond donors (Lipinski definition) is 3. The van der Waals surface area contributed by atoms with Gasteiger partial charge in [-0.1, -0.05) is 35.9 Å². The molecule has 38 heavy (non-hydrogen) atoms. The van der Waals surface area contributed by atoms with Crippen LogP contribution in [0.5, 0.6) is 0 Å². The van der Waals surface area contributed by atoms with Crippen molar-refractivity contribution in [1.29, 1.82) is 0 Å². The van der Waals surface area contributed by atoms with E-state index in [-0.39, 0.29) is 11.9 Å². The summed E-state index contributed by atoms with van der Waals surface area (Å²) in [5.74, 6) is 0.645.